The van der Waals surface area contributed by atoms with E-state index in [9.17, 15) is 9.59 Å². The monoisotopic (exact) mass is 343 g/mol. The molecule has 3 aromatic rings. The number of rotatable bonds is 5. The van der Waals surface area contributed by atoms with Crippen LogP contribution in [0.2, 0.25) is 5.15 Å². The maximum absolute atomic E-state index is 12.3. The number of esters is 1. The van der Waals surface area contributed by atoms with Gasteiger partial charge in [0.2, 0.25) is 0 Å². The quantitative estimate of drug-likeness (QED) is 0.404. The first-order valence-corrected chi connectivity index (χ1v) is 7.76. The van der Waals surface area contributed by atoms with E-state index in [2.05, 4.69) is 9.97 Å². The molecule has 0 fully saturated rings. The van der Waals surface area contributed by atoms with Crippen LogP contribution in [-0.2, 0) is 11.3 Å². The number of hydrogen-bond acceptors (Lipinski definition) is 5. The lowest BCUT2D eigenvalue weighted by molar-refractivity contribution is 0.0495. The summed E-state index contributed by atoms with van der Waals surface area (Å²) in [6.07, 6.45) is 3.49. The number of benzene rings is 1. The number of aromatic nitrogens is 3. The Balaban J connectivity index is 1.59. The molecule has 2 aromatic heterocycles. The summed E-state index contributed by atoms with van der Waals surface area (Å²) in [4.78, 5) is 32.3. The molecule has 0 aliphatic carbocycles. The Kier molecular flexibility index (Phi) is 4.86. The molecule has 0 radical (unpaired) electrons. The Morgan fingerprint density at radius 3 is 2.83 bits per heavy atom. The summed E-state index contributed by atoms with van der Waals surface area (Å²) < 4.78 is 6.67. The Morgan fingerprint density at radius 2 is 2.00 bits per heavy atom. The van der Waals surface area contributed by atoms with Gasteiger partial charge in [0.05, 0.1) is 29.4 Å². The van der Waals surface area contributed by atoms with Crippen molar-refractivity contribution in [3.8, 4) is 0 Å². The first-order chi connectivity index (χ1) is 11.7. The molecule has 3 rings (SSSR count). The average molecular weight is 344 g/mol. The number of carbonyl (C=O) groups is 1. The number of hydrogen-bond donors (Lipinski definition) is 0. The third-order valence-electron chi connectivity index (χ3n) is 3.49. The maximum atomic E-state index is 12.3. The first-order valence-electron chi connectivity index (χ1n) is 7.38. The standard InChI is InChI=1S/C17H14ClN3O3/c18-15-13(6-3-8-19-15)17(23)24-10-4-9-21-11-20-14-7-2-1-5-12(14)16(21)22/h1-3,5-8,11H,4,9-10H2. The summed E-state index contributed by atoms with van der Waals surface area (Å²) in [5.41, 5.74) is 0.780. The fourth-order valence-electron chi connectivity index (χ4n) is 2.28. The van der Waals surface area contributed by atoms with E-state index in [1.54, 1.807) is 30.3 Å². The number of nitrogens with zero attached hydrogens (tertiary/aromatic N) is 3. The Morgan fingerprint density at radius 1 is 1.17 bits per heavy atom. The third kappa shape index (κ3) is 3.44. The van der Waals surface area contributed by atoms with Crippen molar-refractivity contribution in [2.75, 3.05) is 6.61 Å². The highest BCUT2D eigenvalue weighted by atomic mass is 35.5. The van der Waals surface area contributed by atoms with Crippen molar-refractivity contribution in [3.05, 3.63) is 70.0 Å². The maximum Gasteiger partial charge on any atom is 0.341 e. The number of ether oxygens (including phenoxy) is 1. The number of aryl methyl sites for hydroxylation is 1. The molecular formula is C17H14ClN3O3. The minimum absolute atomic E-state index is 0.109. The molecule has 0 atom stereocenters. The van der Waals surface area contributed by atoms with Crippen LogP contribution in [0, 0.1) is 0 Å². The second kappa shape index (κ2) is 7.23. The lowest BCUT2D eigenvalue weighted by Crippen LogP contribution is -2.21. The van der Waals surface area contributed by atoms with Gasteiger partial charge >= 0.3 is 5.97 Å². The van der Waals surface area contributed by atoms with E-state index >= 15 is 0 Å². The third-order valence-corrected chi connectivity index (χ3v) is 3.79. The second-order valence-electron chi connectivity index (χ2n) is 5.09. The summed E-state index contributed by atoms with van der Waals surface area (Å²) in [6, 6.07) is 10.3. The molecule has 0 bridgehead atoms. The van der Waals surface area contributed by atoms with Gasteiger partial charge in [-0.25, -0.2) is 14.8 Å². The van der Waals surface area contributed by atoms with Crippen LogP contribution in [0.15, 0.2) is 53.7 Å². The molecule has 0 unspecified atom stereocenters. The zero-order valence-electron chi connectivity index (χ0n) is 12.7. The highest BCUT2D eigenvalue weighted by molar-refractivity contribution is 6.32. The minimum atomic E-state index is -0.530. The van der Waals surface area contributed by atoms with Crippen LogP contribution in [0.25, 0.3) is 10.9 Å². The van der Waals surface area contributed by atoms with Gasteiger partial charge in [0, 0.05) is 12.7 Å². The zero-order chi connectivity index (χ0) is 16.9. The van der Waals surface area contributed by atoms with Crippen molar-refractivity contribution in [2.24, 2.45) is 0 Å². The summed E-state index contributed by atoms with van der Waals surface area (Å²) in [5, 5.41) is 0.677. The lowest BCUT2D eigenvalue weighted by Gasteiger charge is -2.08. The van der Waals surface area contributed by atoms with E-state index in [0.29, 0.717) is 23.9 Å². The van der Waals surface area contributed by atoms with E-state index in [4.69, 9.17) is 16.3 Å². The molecule has 0 saturated heterocycles. The van der Waals surface area contributed by atoms with Crippen molar-refractivity contribution in [2.45, 2.75) is 13.0 Å². The van der Waals surface area contributed by atoms with Gasteiger partial charge in [-0.3, -0.25) is 9.36 Å². The van der Waals surface area contributed by atoms with Gasteiger partial charge in [-0.1, -0.05) is 23.7 Å². The molecule has 24 heavy (non-hydrogen) atoms. The van der Waals surface area contributed by atoms with E-state index in [-0.39, 0.29) is 22.9 Å². The smallest absolute Gasteiger partial charge is 0.341 e. The molecule has 0 N–H and O–H groups in total. The van der Waals surface area contributed by atoms with Crippen molar-refractivity contribution in [1.29, 1.82) is 0 Å². The van der Waals surface area contributed by atoms with E-state index in [1.165, 1.54) is 17.1 Å². The number of carbonyl (C=O) groups excluding carboxylic acids is 1. The first kappa shape index (κ1) is 16.1. The van der Waals surface area contributed by atoms with Gasteiger partial charge in [-0.15, -0.1) is 0 Å². The Hall–Kier alpha value is -2.73. The molecular weight excluding hydrogens is 330 g/mol. The van der Waals surface area contributed by atoms with Crippen LogP contribution >= 0.6 is 11.6 Å². The number of para-hydroxylation sites is 1. The fraction of sp³-hybridized carbons (Fsp3) is 0.176. The topological polar surface area (TPSA) is 74.1 Å². The van der Waals surface area contributed by atoms with Gasteiger partial charge in [0.25, 0.3) is 5.56 Å². The van der Waals surface area contributed by atoms with Crippen LogP contribution in [0.1, 0.15) is 16.8 Å². The predicted molar refractivity (Wildman–Crippen MR) is 90.1 cm³/mol. The average Bonchev–Trinajstić information content (AvgIpc) is 2.61. The molecule has 0 amide bonds. The van der Waals surface area contributed by atoms with Crippen molar-refractivity contribution in [1.82, 2.24) is 14.5 Å². The summed E-state index contributed by atoms with van der Waals surface area (Å²) in [7, 11) is 0. The summed E-state index contributed by atoms with van der Waals surface area (Å²) in [5.74, 6) is -0.530. The molecule has 0 aliphatic heterocycles. The molecule has 0 aliphatic rings. The van der Waals surface area contributed by atoms with E-state index in [1.807, 2.05) is 6.07 Å². The Labute approximate surface area is 142 Å². The summed E-state index contributed by atoms with van der Waals surface area (Å²) >= 11 is 5.84. The molecule has 0 spiro atoms. The largest absolute Gasteiger partial charge is 0.462 e. The highest BCUT2D eigenvalue weighted by Gasteiger charge is 2.12. The normalized spacial score (nSPS) is 10.7. The SMILES string of the molecule is O=C(OCCCn1cnc2ccccc2c1=O)c1cccnc1Cl. The van der Waals surface area contributed by atoms with Crippen LogP contribution in [0.4, 0.5) is 0 Å². The number of fused-ring (bicyclic) bond motifs is 1. The van der Waals surface area contributed by atoms with Crippen LogP contribution in [0.3, 0.4) is 0 Å². The molecule has 1 aromatic carbocycles. The molecule has 6 nitrogen and oxygen atoms in total. The van der Waals surface area contributed by atoms with Crippen LogP contribution in [-0.4, -0.2) is 27.1 Å². The number of halogens is 1. The highest BCUT2D eigenvalue weighted by Crippen LogP contribution is 2.12. The van der Waals surface area contributed by atoms with Gasteiger partial charge in [0.15, 0.2) is 0 Å². The lowest BCUT2D eigenvalue weighted by atomic mass is 10.2. The van der Waals surface area contributed by atoms with Crippen molar-refractivity contribution in [3.63, 3.8) is 0 Å². The summed E-state index contributed by atoms with van der Waals surface area (Å²) in [6.45, 7) is 0.577. The van der Waals surface area contributed by atoms with Crippen LogP contribution < -0.4 is 5.56 Å². The van der Waals surface area contributed by atoms with E-state index in [0.717, 1.165) is 0 Å². The van der Waals surface area contributed by atoms with Crippen molar-refractivity contribution < 1.29 is 9.53 Å². The zero-order valence-corrected chi connectivity index (χ0v) is 13.4. The molecule has 7 heteroatoms. The predicted octanol–water partition coefficient (Wildman–Crippen LogP) is 2.69. The van der Waals surface area contributed by atoms with Gasteiger partial charge in [0.1, 0.15) is 5.15 Å². The van der Waals surface area contributed by atoms with Gasteiger partial charge in [-0.2, -0.15) is 0 Å². The van der Waals surface area contributed by atoms with Crippen molar-refractivity contribution >= 4 is 28.5 Å². The molecule has 122 valence electrons. The second-order valence-corrected chi connectivity index (χ2v) is 5.45. The van der Waals surface area contributed by atoms with Gasteiger partial charge in [-0.05, 0) is 30.7 Å². The molecule has 0 saturated carbocycles. The van der Waals surface area contributed by atoms with Gasteiger partial charge < -0.3 is 4.74 Å². The minimum Gasteiger partial charge on any atom is -0.462 e. The molecule has 2 heterocycles. The Bertz CT molecular complexity index is 940. The van der Waals surface area contributed by atoms with Crippen LogP contribution in [0.5, 0.6) is 0 Å². The number of pyridine rings is 1. The fourth-order valence-corrected chi connectivity index (χ4v) is 2.48. The van der Waals surface area contributed by atoms with E-state index < -0.39 is 5.97 Å².